The highest BCUT2D eigenvalue weighted by Crippen LogP contribution is 2.31. The normalized spacial score (nSPS) is 17.2. The number of hydrogen-bond acceptors (Lipinski definition) is 3. The van der Waals surface area contributed by atoms with Crippen LogP contribution in [0.4, 0.5) is 5.82 Å². The number of aromatic nitrogens is 2. The van der Waals surface area contributed by atoms with Crippen LogP contribution in [0.2, 0.25) is 0 Å². The van der Waals surface area contributed by atoms with Gasteiger partial charge in [-0.05, 0) is 19.8 Å². The summed E-state index contributed by atoms with van der Waals surface area (Å²) in [5.41, 5.74) is 0. The number of carbonyl (C=O) groups is 2. The van der Waals surface area contributed by atoms with Crippen molar-refractivity contribution in [3.8, 4) is 0 Å². The third-order valence-electron chi connectivity index (χ3n) is 3.41. The Hall–Kier alpha value is -1.85. The molecule has 1 fully saturated rings. The van der Waals surface area contributed by atoms with Gasteiger partial charge in [0, 0.05) is 13.0 Å². The zero-order valence-electron chi connectivity index (χ0n) is 11.3. The molecule has 2 amide bonds. The smallest absolute Gasteiger partial charge is 0.247 e. The quantitative estimate of drug-likeness (QED) is 0.864. The summed E-state index contributed by atoms with van der Waals surface area (Å²) in [6, 6.07) is 1.61. The van der Waals surface area contributed by atoms with Gasteiger partial charge in [0.2, 0.25) is 11.8 Å². The van der Waals surface area contributed by atoms with Gasteiger partial charge in [0.1, 0.15) is 11.9 Å². The molecule has 0 saturated heterocycles. The molecule has 0 radical (unpaired) electrons. The molecule has 1 aliphatic carbocycles. The molecule has 19 heavy (non-hydrogen) atoms. The molecule has 0 spiro atoms. The van der Waals surface area contributed by atoms with Gasteiger partial charge in [-0.15, -0.1) is 0 Å². The molecule has 1 aliphatic rings. The first-order valence-electron chi connectivity index (χ1n) is 6.69. The van der Waals surface area contributed by atoms with E-state index in [0.29, 0.717) is 11.9 Å². The highest BCUT2D eigenvalue weighted by molar-refractivity contribution is 5.96. The maximum Gasteiger partial charge on any atom is 0.247 e. The van der Waals surface area contributed by atoms with Crippen LogP contribution in [0.25, 0.3) is 0 Å². The number of amides is 2. The van der Waals surface area contributed by atoms with Crippen LogP contribution >= 0.6 is 0 Å². The van der Waals surface area contributed by atoms with Crippen molar-refractivity contribution in [3.05, 3.63) is 12.3 Å². The number of rotatable bonds is 4. The Morgan fingerprint density at radius 2 is 2.11 bits per heavy atom. The average molecular weight is 264 g/mol. The average Bonchev–Trinajstić information content (AvgIpc) is 2.97. The summed E-state index contributed by atoms with van der Waals surface area (Å²) < 4.78 is 1.88. The first kappa shape index (κ1) is 13.6. The second kappa shape index (κ2) is 5.86. The highest BCUT2D eigenvalue weighted by atomic mass is 16.2. The summed E-state index contributed by atoms with van der Waals surface area (Å²) in [4.78, 5) is 22.9. The van der Waals surface area contributed by atoms with Gasteiger partial charge in [-0.2, -0.15) is 5.10 Å². The fraction of sp³-hybridized carbons (Fsp3) is 0.615. The molecule has 0 aromatic carbocycles. The van der Waals surface area contributed by atoms with E-state index in [0.717, 1.165) is 12.8 Å². The lowest BCUT2D eigenvalue weighted by Gasteiger charge is -2.17. The number of nitrogens with zero attached hydrogens (tertiary/aromatic N) is 2. The number of anilines is 1. The molecule has 6 heteroatoms. The third kappa shape index (κ3) is 3.33. The Morgan fingerprint density at radius 1 is 1.42 bits per heavy atom. The van der Waals surface area contributed by atoms with E-state index in [2.05, 4.69) is 15.7 Å². The summed E-state index contributed by atoms with van der Waals surface area (Å²) >= 11 is 0. The second-order valence-corrected chi connectivity index (χ2v) is 5.01. The lowest BCUT2D eigenvalue weighted by atomic mass is 10.2. The molecular formula is C13H20N4O2. The third-order valence-corrected chi connectivity index (χ3v) is 3.41. The van der Waals surface area contributed by atoms with Crippen molar-refractivity contribution >= 4 is 17.6 Å². The van der Waals surface area contributed by atoms with Gasteiger partial charge in [0.15, 0.2) is 0 Å². The van der Waals surface area contributed by atoms with E-state index in [1.165, 1.54) is 19.8 Å². The summed E-state index contributed by atoms with van der Waals surface area (Å²) in [5.74, 6) is 0.260. The monoisotopic (exact) mass is 264 g/mol. The van der Waals surface area contributed by atoms with Crippen LogP contribution in [-0.4, -0.2) is 27.6 Å². The Labute approximate surface area is 112 Å². The predicted octanol–water partition coefficient (Wildman–Crippen LogP) is 1.46. The van der Waals surface area contributed by atoms with Crippen molar-refractivity contribution in [1.82, 2.24) is 15.1 Å². The highest BCUT2D eigenvalue weighted by Gasteiger charge is 2.21. The Kier molecular flexibility index (Phi) is 4.19. The molecule has 2 N–H and O–H groups in total. The van der Waals surface area contributed by atoms with Gasteiger partial charge in [-0.1, -0.05) is 12.8 Å². The molecule has 1 atom stereocenters. The van der Waals surface area contributed by atoms with E-state index in [4.69, 9.17) is 0 Å². The first-order valence-corrected chi connectivity index (χ1v) is 6.69. The number of hydrogen-bond donors (Lipinski definition) is 2. The van der Waals surface area contributed by atoms with E-state index in [9.17, 15) is 9.59 Å². The van der Waals surface area contributed by atoms with Crippen LogP contribution < -0.4 is 10.6 Å². The minimum atomic E-state index is -0.551. The molecule has 2 rings (SSSR count). The van der Waals surface area contributed by atoms with E-state index in [-0.39, 0.29) is 11.8 Å². The van der Waals surface area contributed by atoms with Crippen LogP contribution in [0, 0.1) is 0 Å². The Balaban J connectivity index is 2.01. The van der Waals surface area contributed by atoms with Gasteiger partial charge in [-0.3, -0.25) is 9.59 Å². The molecule has 0 unspecified atom stereocenters. The zero-order valence-corrected chi connectivity index (χ0v) is 11.3. The topological polar surface area (TPSA) is 76.0 Å². The van der Waals surface area contributed by atoms with Gasteiger partial charge < -0.3 is 10.6 Å². The standard InChI is InChI=1S/C13H20N4O2/c1-9(15-10(2)18)13(19)16-12-7-8-14-17(12)11-5-3-4-6-11/h7-9,11H,3-6H2,1-2H3,(H,15,18)(H,16,19)/t9-/m0/s1. The molecular weight excluding hydrogens is 244 g/mol. The molecule has 104 valence electrons. The van der Waals surface area contributed by atoms with Crippen LogP contribution in [0.3, 0.4) is 0 Å². The van der Waals surface area contributed by atoms with E-state index in [1.54, 1.807) is 19.2 Å². The molecule has 1 aromatic rings. The van der Waals surface area contributed by atoms with Crippen molar-refractivity contribution < 1.29 is 9.59 Å². The zero-order chi connectivity index (χ0) is 13.8. The lowest BCUT2D eigenvalue weighted by molar-refractivity contribution is -0.124. The molecule has 1 saturated carbocycles. The fourth-order valence-corrected chi connectivity index (χ4v) is 2.46. The first-order chi connectivity index (χ1) is 9.08. The van der Waals surface area contributed by atoms with Gasteiger partial charge >= 0.3 is 0 Å². The van der Waals surface area contributed by atoms with Crippen LogP contribution in [0.5, 0.6) is 0 Å². The van der Waals surface area contributed by atoms with Gasteiger partial charge in [0.05, 0.1) is 12.2 Å². The van der Waals surface area contributed by atoms with Crippen molar-refractivity contribution in [2.24, 2.45) is 0 Å². The van der Waals surface area contributed by atoms with Crippen LogP contribution in [-0.2, 0) is 9.59 Å². The van der Waals surface area contributed by atoms with E-state index >= 15 is 0 Å². The van der Waals surface area contributed by atoms with Crippen molar-refractivity contribution in [2.75, 3.05) is 5.32 Å². The second-order valence-electron chi connectivity index (χ2n) is 5.01. The summed E-state index contributed by atoms with van der Waals surface area (Å²) in [7, 11) is 0. The van der Waals surface area contributed by atoms with Crippen molar-refractivity contribution in [2.45, 2.75) is 51.6 Å². The van der Waals surface area contributed by atoms with Crippen molar-refractivity contribution in [1.29, 1.82) is 0 Å². The maximum absolute atomic E-state index is 11.9. The van der Waals surface area contributed by atoms with Gasteiger partial charge in [-0.25, -0.2) is 4.68 Å². The number of carbonyl (C=O) groups excluding carboxylic acids is 2. The minimum absolute atomic E-state index is 0.216. The summed E-state index contributed by atoms with van der Waals surface area (Å²) in [6.45, 7) is 3.06. The summed E-state index contributed by atoms with van der Waals surface area (Å²) in [5, 5.41) is 9.67. The predicted molar refractivity (Wildman–Crippen MR) is 71.6 cm³/mol. The van der Waals surface area contributed by atoms with E-state index in [1.807, 2.05) is 4.68 Å². The van der Waals surface area contributed by atoms with Crippen molar-refractivity contribution in [3.63, 3.8) is 0 Å². The van der Waals surface area contributed by atoms with Gasteiger partial charge in [0.25, 0.3) is 0 Å². The van der Waals surface area contributed by atoms with E-state index < -0.39 is 6.04 Å². The minimum Gasteiger partial charge on any atom is -0.345 e. The molecule has 6 nitrogen and oxygen atoms in total. The Morgan fingerprint density at radius 3 is 2.74 bits per heavy atom. The SMILES string of the molecule is CC(=O)N[C@@H](C)C(=O)Nc1ccnn1C1CCCC1. The number of nitrogens with one attached hydrogen (secondary N) is 2. The summed E-state index contributed by atoms with van der Waals surface area (Å²) in [6.07, 6.45) is 6.31. The van der Waals surface area contributed by atoms with Crippen LogP contribution in [0.1, 0.15) is 45.6 Å². The maximum atomic E-state index is 11.9. The van der Waals surface area contributed by atoms with Crippen LogP contribution in [0.15, 0.2) is 12.3 Å². The molecule has 0 aliphatic heterocycles. The molecule has 1 aromatic heterocycles. The molecule has 0 bridgehead atoms. The lowest BCUT2D eigenvalue weighted by Crippen LogP contribution is -2.40. The largest absolute Gasteiger partial charge is 0.345 e. The fourth-order valence-electron chi connectivity index (χ4n) is 2.46. The molecule has 1 heterocycles. The Bertz CT molecular complexity index is 463.